The Labute approximate surface area is 231 Å². The quantitative estimate of drug-likeness (QED) is 0.354. The number of piperazine rings is 1. The highest BCUT2D eigenvalue weighted by molar-refractivity contribution is 5.85. The van der Waals surface area contributed by atoms with Gasteiger partial charge in [-0.1, -0.05) is 54.6 Å². The summed E-state index contributed by atoms with van der Waals surface area (Å²) in [6.07, 6.45) is 1.29. The molecule has 0 aromatic heterocycles. The maximum absolute atomic E-state index is 13.5. The fourth-order valence-electron chi connectivity index (χ4n) is 4.91. The van der Waals surface area contributed by atoms with Gasteiger partial charge in [0.2, 0.25) is 0 Å². The summed E-state index contributed by atoms with van der Waals surface area (Å²) in [5, 5.41) is 10.6. The number of aliphatic hydroxyl groups excluding tert-OH is 1. The first-order chi connectivity index (χ1) is 17.0. The van der Waals surface area contributed by atoms with E-state index in [2.05, 4.69) is 9.80 Å². The molecule has 0 spiro atoms. The molecule has 4 nitrogen and oxygen atoms in total. The van der Waals surface area contributed by atoms with Crippen LogP contribution in [0, 0.1) is 11.6 Å². The molecule has 1 heterocycles. The summed E-state index contributed by atoms with van der Waals surface area (Å²) < 4.78 is 26.9. The number of benzene rings is 3. The molecule has 0 aliphatic carbocycles. The van der Waals surface area contributed by atoms with Gasteiger partial charge in [-0.2, -0.15) is 0 Å². The molecule has 0 amide bonds. The number of hydrogen-bond donors (Lipinski definition) is 2. The van der Waals surface area contributed by atoms with Crippen LogP contribution < -0.4 is 5.73 Å². The Kier molecular flexibility index (Phi) is 12.9. The monoisotopic (exact) mass is 551 g/mol. The van der Waals surface area contributed by atoms with Gasteiger partial charge in [-0.3, -0.25) is 4.90 Å². The van der Waals surface area contributed by atoms with Crippen molar-refractivity contribution in [2.45, 2.75) is 30.9 Å². The molecule has 202 valence electrons. The molecule has 1 fully saturated rings. The van der Waals surface area contributed by atoms with Gasteiger partial charge in [0.1, 0.15) is 11.6 Å². The van der Waals surface area contributed by atoms with E-state index >= 15 is 0 Å². The van der Waals surface area contributed by atoms with Gasteiger partial charge in [0.15, 0.2) is 0 Å². The van der Waals surface area contributed by atoms with E-state index in [1.54, 1.807) is 0 Å². The van der Waals surface area contributed by atoms with Gasteiger partial charge in [-0.15, -0.1) is 24.8 Å². The zero-order chi connectivity index (χ0) is 24.6. The molecular weight excluding hydrogens is 515 g/mol. The third-order valence-electron chi connectivity index (χ3n) is 7.02. The zero-order valence-corrected chi connectivity index (χ0v) is 22.5. The Morgan fingerprint density at radius 1 is 0.703 bits per heavy atom. The molecule has 3 aromatic rings. The number of rotatable bonds is 10. The van der Waals surface area contributed by atoms with Crippen LogP contribution in [0.2, 0.25) is 0 Å². The van der Waals surface area contributed by atoms with Crippen LogP contribution in [-0.2, 0) is 0 Å². The van der Waals surface area contributed by atoms with Crippen molar-refractivity contribution in [3.8, 4) is 0 Å². The summed E-state index contributed by atoms with van der Waals surface area (Å²) in [5.41, 5.74) is 9.31. The van der Waals surface area contributed by atoms with Gasteiger partial charge in [-0.05, 0) is 60.3 Å². The first-order valence-electron chi connectivity index (χ1n) is 12.4. The Morgan fingerprint density at radius 2 is 1.19 bits per heavy atom. The predicted molar refractivity (Wildman–Crippen MR) is 151 cm³/mol. The lowest BCUT2D eigenvalue weighted by Crippen LogP contribution is -2.50. The molecule has 1 aliphatic heterocycles. The van der Waals surface area contributed by atoms with E-state index in [-0.39, 0.29) is 48.4 Å². The van der Waals surface area contributed by atoms with Gasteiger partial charge < -0.3 is 15.7 Å². The van der Waals surface area contributed by atoms with E-state index in [1.165, 1.54) is 24.3 Å². The van der Waals surface area contributed by atoms with Crippen molar-refractivity contribution < 1.29 is 13.9 Å². The van der Waals surface area contributed by atoms with Gasteiger partial charge in [0, 0.05) is 38.6 Å². The maximum Gasteiger partial charge on any atom is 0.123 e. The lowest BCUT2D eigenvalue weighted by molar-refractivity contribution is 0.0592. The topological polar surface area (TPSA) is 52.7 Å². The van der Waals surface area contributed by atoms with E-state index in [0.717, 1.165) is 62.3 Å². The van der Waals surface area contributed by atoms with Gasteiger partial charge >= 0.3 is 0 Å². The standard InChI is InChI=1S/C29H35F2N3O.2ClH/c30-25-12-8-22(9-13-25)27(23-10-14-26(31)15-11-23)7-4-16-33-17-19-34(20-18-33)21-28(35)29(32)24-5-2-1-3-6-24;;/h1-3,5-6,8-15,27-29,35H,4,7,16-21,32H2;2*1H. The second-order valence-electron chi connectivity index (χ2n) is 9.44. The van der Waals surface area contributed by atoms with Gasteiger partial charge in [0.05, 0.1) is 12.1 Å². The average Bonchev–Trinajstić information content (AvgIpc) is 2.89. The molecule has 0 bridgehead atoms. The zero-order valence-electron chi connectivity index (χ0n) is 20.9. The predicted octanol–water partition coefficient (Wildman–Crippen LogP) is 5.40. The highest BCUT2D eigenvalue weighted by Crippen LogP contribution is 2.30. The molecule has 8 heteroatoms. The molecule has 4 rings (SSSR count). The molecule has 0 saturated carbocycles. The Morgan fingerprint density at radius 3 is 1.70 bits per heavy atom. The maximum atomic E-state index is 13.5. The van der Waals surface area contributed by atoms with Crippen LogP contribution in [0.25, 0.3) is 0 Å². The number of nitrogens with two attached hydrogens (primary N) is 1. The molecule has 3 N–H and O–H groups in total. The molecule has 2 unspecified atom stereocenters. The van der Waals surface area contributed by atoms with Crippen LogP contribution in [0.5, 0.6) is 0 Å². The Hall–Kier alpha value is -2.06. The lowest BCUT2D eigenvalue weighted by Gasteiger charge is -2.36. The number of hydrogen-bond acceptors (Lipinski definition) is 4. The van der Waals surface area contributed by atoms with Gasteiger partial charge in [-0.25, -0.2) is 8.78 Å². The number of aliphatic hydroxyl groups is 1. The van der Waals surface area contributed by atoms with Crippen molar-refractivity contribution in [3.63, 3.8) is 0 Å². The van der Waals surface area contributed by atoms with Crippen LogP contribution in [0.1, 0.15) is 41.5 Å². The smallest absolute Gasteiger partial charge is 0.123 e. The lowest BCUT2D eigenvalue weighted by atomic mass is 9.87. The van der Waals surface area contributed by atoms with E-state index in [1.807, 2.05) is 54.6 Å². The first-order valence-corrected chi connectivity index (χ1v) is 12.4. The molecule has 0 radical (unpaired) electrons. The second-order valence-corrected chi connectivity index (χ2v) is 9.44. The summed E-state index contributed by atoms with van der Waals surface area (Å²) in [7, 11) is 0. The van der Waals surface area contributed by atoms with Gasteiger partial charge in [0.25, 0.3) is 0 Å². The summed E-state index contributed by atoms with van der Waals surface area (Å²) in [4.78, 5) is 4.73. The van der Waals surface area contributed by atoms with Crippen molar-refractivity contribution in [1.29, 1.82) is 0 Å². The minimum absolute atomic E-state index is 0. The van der Waals surface area contributed by atoms with Crippen LogP contribution >= 0.6 is 24.8 Å². The fraction of sp³-hybridized carbons (Fsp3) is 0.379. The largest absolute Gasteiger partial charge is 0.390 e. The van der Waals surface area contributed by atoms with E-state index in [4.69, 9.17) is 5.73 Å². The third-order valence-corrected chi connectivity index (χ3v) is 7.02. The van der Waals surface area contributed by atoms with Crippen LogP contribution in [0.15, 0.2) is 78.9 Å². The van der Waals surface area contributed by atoms with E-state index < -0.39 is 6.10 Å². The molecule has 1 saturated heterocycles. The SMILES string of the molecule is Cl.Cl.NC(c1ccccc1)C(O)CN1CCN(CCCC(c2ccc(F)cc2)c2ccc(F)cc2)CC1. The van der Waals surface area contributed by atoms with Crippen molar-refractivity contribution in [3.05, 3.63) is 107 Å². The van der Waals surface area contributed by atoms with Crippen molar-refractivity contribution in [1.82, 2.24) is 9.80 Å². The van der Waals surface area contributed by atoms with E-state index in [0.29, 0.717) is 6.54 Å². The highest BCUT2D eigenvalue weighted by Gasteiger charge is 2.23. The Balaban J connectivity index is 0.00000241. The summed E-state index contributed by atoms with van der Waals surface area (Å²) >= 11 is 0. The summed E-state index contributed by atoms with van der Waals surface area (Å²) in [6, 6.07) is 22.6. The number of β-amino-alcohol motifs (C(OH)–C–C–N with tert-alkyl or cyclic N) is 1. The van der Waals surface area contributed by atoms with Crippen LogP contribution in [-0.4, -0.2) is 60.3 Å². The second kappa shape index (κ2) is 15.4. The fourth-order valence-corrected chi connectivity index (χ4v) is 4.91. The molecule has 3 aromatic carbocycles. The summed E-state index contributed by atoms with van der Waals surface area (Å²) in [5.74, 6) is -0.397. The minimum Gasteiger partial charge on any atom is -0.390 e. The average molecular weight is 553 g/mol. The summed E-state index contributed by atoms with van der Waals surface area (Å²) in [6.45, 7) is 5.24. The van der Waals surface area contributed by atoms with Crippen molar-refractivity contribution in [2.24, 2.45) is 5.73 Å². The minimum atomic E-state index is -0.601. The first kappa shape index (κ1) is 31.2. The van der Waals surface area contributed by atoms with Crippen LogP contribution in [0.4, 0.5) is 8.78 Å². The molecule has 2 atom stereocenters. The highest BCUT2D eigenvalue weighted by atomic mass is 35.5. The van der Waals surface area contributed by atoms with Crippen LogP contribution in [0.3, 0.4) is 0 Å². The Bertz CT molecular complexity index is 988. The number of nitrogens with zero attached hydrogens (tertiary/aromatic N) is 2. The van der Waals surface area contributed by atoms with Crippen molar-refractivity contribution >= 4 is 24.8 Å². The molecular formula is C29H37Cl2F2N3O. The number of halogens is 4. The molecule has 37 heavy (non-hydrogen) atoms. The normalized spacial score (nSPS) is 16.0. The molecule has 1 aliphatic rings. The third kappa shape index (κ3) is 9.02. The van der Waals surface area contributed by atoms with E-state index in [9.17, 15) is 13.9 Å². The van der Waals surface area contributed by atoms with Crippen molar-refractivity contribution in [2.75, 3.05) is 39.3 Å².